The van der Waals surface area contributed by atoms with Crippen molar-refractivity contribution in [3.63, 3.8) is 0 Å². The molecule has 1 radical (unpaired) electrons. The molecule has 0 aliphatic rings. The number of halogens is 1. The number of fused-ring (bicyclic) bond motifs is 12. The molecule has 20 aromatic rings. The van der Waals surface area contributed by atoms with Crippen molar-refractivity contribution >= 4 is 132 Å². The molecule has 0 aliphatic carbocycles. The summed E-state index contributed by atoms with van der Waals surface area (Å²) in [6, 6.07) is 129. The summed E-state index contributed by atoms with van der Waals surface area (Å²) in [7, 11) is 0.758. The van der Waals surface area contributed by atoms with Crippen molar-refractivity contribution in [1.82, 2.24) is 0 Å². The fourth-order valence-corrected chi connectivity index (χ4v) is 15.5. The minimum absolute atomic E-state index is 0.665. The summed E-state index contributed by atoms with van der Waals surface area (Å²) in [5.41, 5.74) is 20.6. The normalized spacial score (nSPS) is 11.4. The molecule has 0 unspecified atom stereocenters. The van der Waals surface area contributed by atoms with Gasteiger partial charge in [0.1, 0.15) is 28.1 Å². The Hall–Kier alpha value is -12.6. The molecule has 18 aromatic carbocycles. The Morgan fingerprint density at radius 1 is 0.216 bits per heavy atom. The molecule has 0 saturated heterocycles. The lowest BCUT2D eigenvalue weighted by atomic mass is 9.85. The molecule has 479 valence electrons. The SMILES string of the molecule is Brc1cccc(-c2ccc3oc4ccccc4c3c2)c1.O[B]Oc1c2ccccc2c(-c2cccc(-c3ccc4ccccc4c3)c2)c2ccccc12.c1cc(-c2ccc3ccccc3c2)cc(-c2c3ccccc3c(-c3cccc(-c4ccc5oc6ccccc6c5c4)c3)c3ccccc23)c1. The molecular formula is C96H61BBrO4. The molecular weight excluding hydrogens is 1310 g/mol. The minimum atomic E-state index is 0.665. The number of hydrogen-bond acceptors (Lipinski definition) is 4. The summed E-state index contributed by atoms with van der Waals surface area (Å²) in [5, 5.41) is 28.1. The molecule has 0 saturated carbocycles. The van der Waals surface area contributed by atoms with Crippen LogP contribution in [0.3, 0.4) is 0 Å². The molecule has 102 heavy (non-hydrogen) atoms. The first kappa shape index (κ1) is 61.7. The predicted molar refractivity (Wildman–Crippen MR) is 433 cm³/mol. The third-order valence-electron chi connectivity index (χ3n) is 19.8. The number of rotatable bonds is 9. The zero-order valence-corrected chi connectivity index (χ0v) is 56.9. The first-order valence-corrected chi connectivity index (χ1v) is 35.1. The van der Waals surface area contributed by atoms with E-state index in [1.165, 1.54) is 115 Å². The maximum absolute atomic E-state index is 9.42. The first-order chi connectivity index (χ1) is 50.4. The lowest BCUT2D eigenvalue weighted by Crippen LogP contribution is -2.02. The second-order valence-corrected chi connectivity index (χ2v) is 26.8. The zero-order valence-electron chi connectivity index (χ0n) is 55.3. The standard InChI is InChI=1S/C48H30O.C30H20BO2.C18H11BrO/c1-2-12-32-27-35(24-23-31(32)11-1)33-13-9-15-37(28-33)47-40-18-3-5-20-42(40)48(43-21-6-4-19-41(43)47)38-16-10-14-34(29-38)36-25-26-46-44(30-36)39-17-7-8-22-45(39)49-46;32-31-33-30-27-14-5-3-12-25(27)29(26-13-4-6-15-28(26)30)24-11-7-10-22(19-24)23-17-16-20-8-1-2-9-21(20)18-23;19-14-5-3-4-12(10-14)13-8-9-18-16(11-13)15-6-1-2-7-17(15)20-18/h1-30H;1-19,32H;1-11H. The van der Waals surface area contributed by atoms with Gasteiger partial charge in [0, 0.05) is 36.8 Å². The summed E-state index contributed by atoms with van der Waals surface area (Å²) in [5.74, 6) is 0.665. The monoisotopic (exact) mass is 1370 g/mol. The van der Waals surface area contributed by atoms with E-state index < -0.39 is 0 Å². The third-order valence-corrected chi connectivity index (χ3v) is 20.3. The number of para-hydroxylation sites is 2. The topological polar surface area (TPSA) is 55.7 Å². The highest BCUT2D eigenvalue weighted by Crippen LogP contribution is 2.47. The molecule has 2 heterocycles. The molecule has 0 amide bonds. The number of benzene rings is 18. The van der Waals surface area contributed by atoms with Crippen molar-refractivity contribution in [3.05, 3.63) is 368 Å². The summed E-state index contributed by atoms with van der Waals surface area (Å²) >= 11 is 3.52. The molecule has 0 fully saturated rings. The second-order valence-electron chi connectivity index (χ2n) is 25.9. The molecule has 0 spiro atoms. The van der Waals surface area contributed by atoms with E-state index in [1.807, 2.05) is 78.9 Å². The molecule has 0 atom stereocenters. The van der Waals surface area contributed by atoms with Crippen LogP contribution in [-0.4, -0.2) is 12.7 Å². The molecule has 4 nitrogen and oxygen atoms in total. The second kappa shape index (κ2) is 26.6. The van der Waals surface area contributed by atoms with E-state index in [1.54, 1.807) is 0 Å². The average molecular weight is 1370 g/mol. The zero-order chi connectivity index (χ0) is 68.0. The van der Waals surface area contributed by atoms with Gasteiger partial charge in [0.25, 0.3) is 0 Å². The Balaban J connectivity index is 0.000000121. The van der Waals surface area contributed by atoms with Crippen molar-refractivity contribution in [1.29, 1.82) is 0 Å². The minimum Gasteiger partial charge on any atom is -0.537 e. The van der Waals surface area contributed by atoms with Crippen LogP contribution < -0.4 is 4.65 Å². The molecule has 2 aromatic heterocycles. The van der Waals surface area contributed by atoms with Crippen LogP contribution in [0.2, 0.25) is 0 Å². The average Bonchev–Trinajstić information content (AvgIpc) is 1.06. The maximum atomic E-state index is 9.42. The van der Waals surface area contributed by atoms with Crippen molar-refractivity contribution in [2.24, 2.45) is 0 Å². The van der Waals surface area contributed by atoms with Gasteiger partial charge in [0.2, 0.25) is 0 Å². The Kier molecular flexibility index (Phi) is 16.1. The summed E-state index contributed by atoms with van der Waals surface area (Å²) in [6.45, 7) is 0. The van der Waals surface area contributed by atoms with Gasteiger partial charge in [-0.25, -0.2) is 0 Å². The van der Waals surface area contributed by atoms with Crippen molar-refractivity contribution in [2.75, 3.05) is 0 Å². The van der Waals surface area contributed by atoms with E-state index in [0.29, 0.717) is 5.75 Å². The molecule has 20 rings (SSSR count). The molecule has 1 N–H and O–H groups in total. The fourth-order valence-electron chi connectivity index (χ4n) is 15.1. The van der Waals surface area contributed by atoms with Crippen LogP contribution in [0.25, 0.3) is 186 Å². The predicted octanol–water partition coefficient (Wildman–Crippen LogP) is 27.1. The van der Waals surface area contributed by atoms with Crippen LogP contribution in [0.5, 0.6) is 5.75 Å². The number of furan rings is 2. The number of hydrogen-bond donors (Lipinski definition) is 1. The van der Waals surface area contributed by atoms with Gasteiger partial charge < -0.3 is 18.5 Å². The summed E-state index contributed by atoms with van der Waals surface area (Å²) in [6.07, 6.45) is 0. The highest BCUT2D eigenvalue weighted by atomic mass is 79.9. The quantitative estimate of drug-likeness (QED) is 0.116. The molecule has 6 heteroatoms. The fraction of sp³-hybridized carbons (Fsp3) is 0. The Morgan fingerprint density at radius 2 is 0.500 bits per heavy atom. The van der Waals surface area contributed by atoms with Gasteiger partial charge in [0.05, 0.1) is 0 Å². The summed E-state index contributed by atoms with van der Waals surface area (Å²) in [4.78, 5) is 0. The van der Waals surface area contributed by atoms with E-state index >= 15 is 0 Å². The Morgan fingerprint density at radius 3 is 0.892 bits per heavy atom. The van der Waals surface area contributed by atoms with Gasteiger partial charge in [0.15, 0.2) is 0 Å². The Bertz CT molecular complexity index is 6530. The van der Waals surface area contributed by atoms with Gasteiger partial charge in [-0.05, 0) is 211 Å². The third kappa shape index (κ3) is 11.5. The van der Waals surface area contributed by atoms with Crippen LogP contribution in [0, 0.1) is 0 Å². The van der Waals surface area contributed by atoms with Gasteiger partial charge in [-0.3, -0.25) is 0 Å². The lowest BCUT2D eigenvalue weighted by Gasteiger charge is -2.18. The van der Waals surface area contributed by atoms with Gasteiger partial charge in [-0.2, -0.15) is 0 Å². The van der Waals surface area contributed by atoms with Crippen LogP contribution >= 0.6 is 15.9 Å². The molecule has 0 aliphatic heterocycles. The van der Waals surface area contributed by atoms with E-state index in [-0.39, 0.29) is 0 Å². The van der Waals surface area contributed by atoms with Crippen LogP contribution in [0.4, 0.5) is 0 Å². The largest absolute Gasteiger partial charge is 0.569 e. The lowest BCUT2D eigenvalue weighted by molar-refractivity contribution is 0.459. The van der Waals surface area contributed by atoms with E-state index in [2.05, 4.69) is 301 Å². The van der Waals surface area contributed by atoms with E-state index in [9.17, 15) is 5.02 Å². The Labute approximate surface area is 598 Å². The van der Waals surface area contributed by atoms with Crippen LogP contribution in [0.15, 0.2) is 377 Å². The van der Waals surface area contributed by atoms with E-state index in [4.69, 9.17) is 13.5 Å². The first-order valence-electron chi connectivity index (χ1n) is 34.3. The maximum Gasteiger partial charge on any atom is 0.569 e. The van der Waals surface area contributed by atoms with Crippen molar-refractivity contribution in [3.8, 4) is 83.6 Å². The highest BCUT2D eigenvalue weighted by molar-refractivity contribution is 9.10. The van der Waals surface area contributed by atoms with Crippen LogP contribution in [-0.2, 0) is 0 Å². The van der Waals surface area contributed by atoms with E-state index in [0.717, 1.165) is 83.3 Å². The van der Waals surface area contributed by atoms with Crippen molar-refractivity contribution < 1.29 is 18.5 Å². The van der Waals surface area contributed by atoms with Crippen molar-refractivity contribution in [2.45, 2.75) is 0 Å². The van der Waals surface area contributed by atoms with Gasteiger partial charge in [-0.15, -0.1) is 0 Å². The van der Waals surface area contributed by atoms with Gasteiger partial charge >= 0.3 is 7.69 Å². The molecule has 0 bridgehead atoms. The highest BCUT2D eigenvalue weighted by Gasteiger charge is 2.20. The van der Waals surface area contributed by atoms with Crippen LogP contribution in [0.1, 0.15) is 0 Å². The van der Waals surface area contributed by atoms with Gasteiger partial charge in [-0.1, -0.05) is 301 Å². The smallest absolute Gasteiger partial charge is 0.537 e. The summed E-state index contributed by atoms with van der Waals surface area (Å²) < 4.78 is 18.7.